The number of hydrogen-bond donors (Lipinski definition) is 2. The minimum absolute atomic E-state index is 0.0359. The number of amides is 1. The van der Waals surface area contributed by atoms with Crippen LogP contribution in [0.1, 0.15) is 83.6 Å². The van der Waals surface area contributed by atoms with E-state index in [1.807, 2.05) is 24.3 Å². The lowest BCUT2D eigenvalue weighted by molar-refractivity contribution is 0.0526. The molecule has 35 heavy (non-hydrogen) atoms. The molecule has 1 aromatic carbocycles. The topological polar surface area (TPSA) is 80.6 Å². The fourth-order valence-corrected chi connectivity index (χ4v) is 6.40. The molecule has 3 aromatic rings. The Morgan fingerprint density at radius 1 is 1.14 bits per heavy atom. The average molecular weight is 493 g/mol. The third-order valence-electron chi connectivity index (χ3n) is 7.65. The van der Waals surface area contributed by atoms with Gasteiger partial charge in [-0.3, -0.25) is 4.79 Å². The molecule has 2 N–H and O–H groups in total. The van der Waals surface area contributed by atoms with Crippen molar-refractivity contribution in [3.05, 3.63) is 63.7 Å². The number of furan rings is 1. The Kier molecular flexibility index (Phi) is 6.21. The second-order valence-corrected chi connectivity index (χ2v) is 11.1. The minimum Gasteiger partial charge on any atom is -0.462 e. The number of hydrogen-bond acceptors (Lipinski definition) is 6. The summed E-state index contributed by atoms with van der Waals surface area (Å²) in [6.07, 6.45) is 3.86. The first-order valence-corrected chi connectivity index (χ1v) is 13.2. The number of carbonyl (C=O) groups is 2. The summed E-state index contributed by atoms with van der Waals surface area (Å²) in [6, 6.07) is 10.9. The van der Waals surface area contributed by atoms with Gasteiger partial charge in [0.05, 0.1) is 17.7 Å². The second-order valence-electron chi connectivity index (χ2n) is 10.0. The van der Waals surface area contributed by atoms with Gasteiger partial charge in [-0.2, -0.15) is 0 Å². The Hall–Kier alpha value is -3.06. The SMILES string of the molecule is CCOC(=O)c1ccc(-c2ccc([C@@H]3NC(=O)c4c(sc5c4CC[C@H](C(C)(C)CC)C5)N3)o2)cc1. The van der Waals surface area contributed by atoms with Gasteiger partial charge in [0.25, 0.3) is 5.91 Å². The number of ether oxygens (including phenoxy) is 1. The summed E-state index contributed by atoms with van der Waals surface area (Å²) in [6.45, 7) is 9.11. The van der Waals surface area contributed by atoms with Gasteiger partial charge in [0.2, 0.25) is 0 Å². The summed E-state index contributed by atoms with van der Waals surface area (Å²) in [5, 5.41) is 7.53. The van der Waals surface area contributed by atoms with Crippen LogP contribution in [0.4, 0.5) is 5.00 Å². The Morgan fingerprint density at radius 3 is 2.63 bits per heavy atom. The van der Waals surface area contributed by atoms with E-state index in [1.54, 1.807) is 30.4 Å². The van der Waals surface area contributed by atoms with Crippen molar-refractivity contribution in [2.45, 2.75) is 59.5 Å². The number of fused-ring (bicyclic) bond motifs is 3. The third kappa shape index (κ3) is 4.38. The molecule has 6 nitrogen and oxygen atoms in total. The monoisotopic (exact) mass is 492 g/mol. The zero-order valence-electron chi connectivity index (χ0n) is 20.7. The first kappa shape index (κ1) is 23.7. The molecule has 184 valence electrons. The Balaban J connectivity index is 1.34. The van der Waals surface area contributed by atoms with Crippen molar-refractivity contribution < 1.29 is 18.7 Å². The van der Waals surface area contributed by atoms with Crippen LogP contribution >= 0.6 is 11.3 Å². The van der Waals surface area contributed by atoms with Crippen LogP contribution in [0, 0.1) is 11.3 Å². The highest BCUT2D eigenvalue weighted by Crippen LogP contribution is 2.47. The molecule has 0 unspecified atom stereocenters. The normalized spacial score (nSPS) is 19.4. The molecule has 2 aliphatic rings. The maximum Gasteiger partial charge on any atom is 0.338 e. The van der Waals surface area contributed by atoms with Crippen LogP contribution in [0.5, 0.6) is 0 Å². The van der Waals surface area contributed by atoms with Crippen molar-refractivity contribution in [2.75, 3.05) is 11.9 Å². The largest absolute Gasteiger partial charge is 0.462 e. The molecule has 2 aromatic heterocycles. The van der Waals surface area contributed by atoms with Crippen molar-refractivity contribution in [3.8, 4) is 11.3 Å². The van der Waals surface area contributed by atoms with Crippen LogP contribution in [0.2, 0.25) is 0 Å². The van der Waals surface area contributed by atoms with Gasteiger partial charge in [0.15, 0.2) is 6.17 Å². The van der Waals surface area contributed by atoms with Gasteiger partial charge in [-0.05, 0) is 67.3 Å². The van der Waals surface area contributed by atoms with Crippen molar-refractivity contribution in [2.24, 2.45) is 11.3 Å². The van der Waals surface area contributed by atoms with Crippen molar-refractivity contribution >= 4 is 28.2 Å². The smallest absolute Gasteiger partial charge is 0.338 e. The summed E-state index contributed by atoms with van der Waals surface area (Å²) in [4.78, 5) is 26.4. The van der Waals surface area contributed by atoms with Gasteiger partial charge in [-0.1, -0.05) is 39.3 Å². The van der Waals surface area contributed by atoms with Gasteiger partial charge in [0.1, 0.15) is 16.5 Å². The number of esters is 1. The molecule has 2 atom stereocenters. The Labute approximate surface area is 210 Å². The summed E-state index contributed by atoms with van der Waals surface area (Å²) in [5.41, 5.74) is 3.69. The predicted molar refractivity (Wildman–Crippen MR) is 138 cm³/mol. The number of benzene rings is 1. The fourth-order valence-electron chi connectivity index (χ4n) is 5.04. The number of anilines is 1. The highest BCUT2D eigenvalue weighted by Gasteiger charge is 2.37. The van der Waals surface area contributed by atoms with Gasteiger partial charge in [0, 0.05) is 10.4 Å². The number of rotatable bonds is 6. The molecule has 0 fully saturated rings. The highest BCUT2D eigenvalue weighted by atomic mass is 32.1. The first-order chi connectivity index (χ1) is 16.8. The zero-order valence-corrected chi connectivity index (χ0v) is 21.5. The molecule has 0 spiro atoms. The lowest BCUT2D eigenvalue weighted by Gasteiger charge is -2.36. The van der Waals surface area contributed by atoms with Gasteiger partial charge < -0.3 is 19.8 Å². The molecule has 1 aliphatic heterocycles. The lowest BCUT2D eigenvalue weighted by Crippen LogP contribution is -2.38. The Morgan fingerprint density at radius 2 is 1.91 bits per heavy atom. The van der Waals surface area contributed by atoms with Gasteiger partial charge >= 0.3 is 5.97 Å². The van der Waals surface area contributed by atoms with Crippen LogP contribution in [0.15, 0.2) is 40.8 Å². The van der Waals surface area contributed by atoms with E-state index >= 15 is 0 Å². The standard InChI is InChI=1S/C28H32N2O4S/c1-5-28(3,4)18-11-12-19-22(15-18)35-26-23(19)25(31)29-24(30-26)21-14-13-20(34-21)16-7-9-17(10-8-16)27(32)33-6-2/h7-10,13-14,18,24,30H,5-6,11-12,15H2,1-4H3,(H,29,31)/t18-,24+/m0/s1. The average Bonchev–Trinajstić information content (AvgIpc) is 3.49. The molecule has 3 heterocycles. The minimum atomic E-state index is -0.425. The maximum absolute atomic E-state index is 13.1. The fraction of sp³-hybridized carbons (Fsp3) is 0.429. The van der Waals surface area contributed by atoms with E-state index in [0.717, 1.165) is 41.8 Å². The van der Waals surface area contributed by atoms with Gasteiger partial charge in [-0.15, -0.1) is 11.3 Å². The van der Waals surface area contributed by atoms with E-state index in [1.165, 1.54) is 10.4 Å². The predicted octanol–water partition coefficient (Wildman–Crippen LogP) is 6.58. The van der Waals surface area contributed by atoms with E-state index in [0.29, 0.717) is 35.0 Å². The number of thiophene rings is 1. The van der Waals surface area contributed by atoms with Gasteiger partial charge in [-0.25, -0.2) is 4.79 Å². The molecule has 7 heteroatoms. The van der Waals surface area contributed by atoms with Crippen LogP contribution in [0.3, 0.4) is 0 Å². The summed E-state index contributed by atoms with van der Waals surface area (Å²) in [5.74, 6) is 1.58. The summed E-state index contributed by atoms with van der Waals surface area (Å²) >= 11 is 1.72. The molecular formula is C28H32N2O4S. The number of carbonyl (C=O) groups excluding carboxylic acids is 2. The molecule has 0 saturated heterocycles. The van der Waals surface area contributed by atoms with E-state index < -0.39 is 6.17 Å². The van der Waals surface area contributed by atoms with Crippen LogP contribution in [-0.2, 0) is 17.6 Å². The Bertz CT molecular complexity index is 1250. The highest BCUT2D eigenvalue weighted by molar-refractivity contribution is 7.16. The summed E-state index contributed by atoms with van der Waals surface area (Å²) < 4.78 is 11.2. The molecule has 5 rings (SSSR count). The quantitative estimate of drug-likeness (QED) is 0.380. The third-order valence-corrected chi connectivity index (χ3v) is 8.84. The van der Waals surface area contributed by atoms with E-state index in [9.17, 15) is 9.59 Å². The molecular weight excluding hydrogens is 460 g/mol. The van der Waals surface area contributed by atoms with Crippen LogP contribution < -0.4 is 10.6 Å². The van der Waals surface area contributed by atoms with Crippen molar-refractivity contribution in [1.82, 2.24) is 5.32 Å². The van der Waals surface area contributed by atoms with Crippen molar-refractivity contribution in [3.63, 3.8) is 0 Å². The van der Waals surface area contributed by atoms with E-state index in [2.05, 4.69) is 31.4 Å². The molecule has 0 bridgehead atoms. The van der Waals surface area contributed by atoms with Crippen molar-refractivity contribution in [1.29, 1.82) is 0 Å². The second kappa shape index (κ2) is 9.19. The molecule has 1 aliphatic carbocycles. The summed E-state index contributed by atoms with van der Waals surface area (Å²) in [7, 11) is 0. The number of nitrogens with one attached hydrogen (secondary N) is 2. The van der Waals surface area contributed by atoms with Crippen LogP contribution in [0.25, 0.3) is 11.3 Å². The molecule has 1 amide bonds. The maximum atomic E-state index is 13.1. The molecule has 0 saturated carbocycles. The van der Waals surface area contributed by atoms with E-state index in [4.69, 9.17) is 9.15 Å². The lowest BCUT2D eigenvalue weighted by atomic mass is 9.69. The first-order valence-electron chi connectivity index (χ1n) is 12.4. The van der Waals surface area contributed by atoms with Crippen LogP contribution in [-0.4, -0.2) is 18.5 Å². The molecule has 0 radical (unpaired) electrons. The van der Waals surface area contributed by atoms with E-state index in [-0.39, 0.29) is 11.9 Å². The zero-order chi connectivity index (χ0) is 24.7.